The molecular weight excluding hydrogens is 386 g/mol. The molecule has 1 aromatic carbocycles. The Morgan fingerprint density at radius 1 is 1.40 bits per heavy atom. The highest BCUT2D eigenvalue weighted by molar-refractivity contribution is 8.26. The van der Waals surface area contributed by atoms with Crippen LogP contribution >= 0.6 is 35.6 Å². The number of ether oxygens (including phenoxy) is 3. The van der Waals surface area contributed by atoms with Gasteiger partial charge < -0.3 is 14.2 Å². The maximum atomic E-state index is 12.1. The van der Waals surface area contributed by atoms with E-state index in [0.29, 0.717) is 27.1 Å². The number of thiocarbonyl (C=S) groups is 1. The van der Waals surface area contributed by atoms with Gasteiger partial charge in [0.15, 0.2) is 18.1 Å². The van der Waals surface area contributed by atoms with E-state index in [-0.39, 0.29) is 23.3 Å². The predicted molar refractivity (Wildman–Crippen MR) is 101 cm³/mol. The molecule has 1 aliphatic rings. The Bertz CT molecular complexity index is 750. The fourth-order valence-corrected chi connectivity index (χ4v) is 3.41. The molecule has 0 bridgehead atoms. The second-order valence-electron chi connectivity index (χ2n) is 4.87. The van der Waals surface area contributed by atoms with E-state index in [0.717, 1.165) is 0 Å². The zero-order valence-corrected chi connectivity index (χ0v) is 16.2. The van der Waals surface area contributed by atoms with Crippen LogP contribution in [0.1, 0.15) is 12.5 Å². The average Bonchev–Trinajstić information content (AvgIpc) is 2.81. The fourth-order valence-electron chi connectivity index (χ4n) is 1.96. The second-order valence-corrected chi connectivity index (χ2v) is 6.95. The summed E-state index contributed by atoms with van der Waals surface area (Å²) in [6.07, 6.45) is 1.68. The van der Waals surface area contributed by atoms with Crippen LogP contribution in [0.15, 0.2) is 17.0 Å². The average molecular weight is 402 g/mol. The third-order valence-electron chi connectivity index (χ3n) is 3.18. The molecular formula is C16H16ClNO5S2. The minimum absolute atomic E-state index is 0.171. The van der Waals surface area contributed by atoms with E-state index in [1.807, 2.05) is 6.92 Å². The zero-order chi connectivity index (χ0) is 18.6. The summed E-state index contributed by atoms with van der Waals surface area (Å²) in [5.41, 5.74) is 0.660. The van der Waals surface area contributed by atoms with Crippen LogP contribution in [-0.4, -0.2) is 48.5 Å². The normalized spacial score (nSPS) is 15.7. The maximum absolute atomic E-state index is 12.1. The van der Waals surface area contributed by atoms with Gasteiger partial charge in [0.25, 0.3) is 5.91 Å². The van der Waals surface area contributed by atoms with Crippen molar-refractivity contribution in [1.29, 1.82) is 0 Å². The monoisotopic (exact) mass is 401 g/mol. The van der Waals surface area contributed by atoms with Crippen LogP contribution in [0.3, 0.4) is 0 Å². The third-order valence-corrected chi connectivity index (χ3v) is 4.94. The smallest absolute Gasteiger partial charge is 0.343 e. The summed E-state index contributed by atoms with van der Waals surface area (Å²) in [4.78, 5) is 25.3. The van der Waals surface area contributed by atoms with Crippen LogP contribution in [0.5, 0.6) is 11.5 Å². The third kappa shape index (κ3) is 4.65. The zero-order valence-electron chi connectivity index (χ0n) is 13.8. The van der Waals surface area contributed by atoms with Gasteiger partial charge in [0.05, 0.1) is 23.6 Å². The van der Waals surface area contributed by atoms with E-state index < -0.39 is 5.97 Å². The van der Waals surface area contributed by atoms with E-state index in [9.17, 15) is 9.59 Å². The summed E-state index contributed by atoms with van der Waals surface area (Å²) in [7, 11) is 2.89. The van der Waals surface area contributed by atoms with Gasteiger partial charge >= 0.3 is 5.97 Å². The maximum Gasteiger partial charge on any atom is 0.343 e. The number of esters is 1. The van der Waals surface area contributed by atoms with Gasteiger partial charge in [0, 0.05) is 7.05 Å². The molecule has 1 aliphatic heterocycles. The number of rotatable bonds is 6. The van der Waals surface area contributed by atoms with Crippen molar-refractivity contribution in [2.45, 2.75) is 6.92 Å². The van der Waals surface area contributed by atoms with Crippen molar-refractivity contribution in [2.75, 3.05) is 27.4 Å². The van der Waals surface area contributed by atoms with Crippen molar-refractivity contribution in [3.63, 3.8) is 0 Å². The summed E-state index contributed by atoms with van der Waals surface area (Å²) in [5.74, 6) is -0.0875. The summed E-state index contributed by atoms with van der Waals surface area (Å²) in [5, 5.41) is 0.257. The van der Waals surface area contributed by atoms with Crippen molar-refractivity contribution >= 4 is 57.9 Å². The van der Waals surface area contributed by atoms with Gasteiger partial charge in [0.2, 0.25) is 0 Å². The molecule has 2 rings (SSSR count). The van der Waals surface area contributed by atoms with Crippen LogP contribution in [0.25, 0.3) is 6.08 Å². The number of carbonyl (C=O) groups excluding carboxylic acids is 2. The standard InChI is InChI=1S/C16H16ClNO5S2/c1-4-22-11-6-9(7-12-15(20)18(2)16(24)25-12)5-10(17)14(11)23-8-13(19)21-3/h5-7H,4,8H2,1-3H3/b12-7+. The molecule has 0 aliphatic carbocycles. The van der Waals surface area contributed by atoms with Gasteiger partial charge in [-0.25, -0.2) is 4.79 Å². The number of halogens is 1. The Balaban J connectivity index is 2.34. The predicted octanol–water partition coefficient (Wildman–Crippen LogP) is 3.12. The van der Waals surface area contributed by atoms with Crippen molar-refractivity contribution in [3.8, 4) is 11.5 Å². The molecule has 0 saturated carbocycles. The first-order chi connectivity index (χ1) is 11.9. The van der Waals surface area contributed by atoms with Gasteiger partial charge in [-0.15, -0.1) is 0 Å². The Morgan fingerprint density at radius 3 is 2.68 bits per heavy atom. The summed E-state index contributed by atoms with van der Waals surface area (Å²) in [6.45, 7) is 1.91. The van der Waals surface area contributed by atoms with Gasteiger partial charge in [-0.1, -0.05) is 35.6 Å². The molecule has 1 fully saturated rings. The van der Waals surface area contributed by atoms with E-state index in [1.165, 1.54) is 23.8 Å². The van der Waals surface area contributed by atoms with E-state index >= 15 is 0 Å². The van der Waals surface area contributed by atoms with Gasteiger partial charge in [-0.2, -0.15) is 0 Å². The van der Waals surface area contributed by atoms with Crippen LogP contribution in [-0.2, 0) is 14.3 Å². The highest BCUT2D eigenvalue weighted by Gasteiger charge is 2.28. The van der Waals surface area contributed by atoms with Gasteiger partial charge in [-0.05, 0) is 30.7 Å². The minimum atomic E-state index is -0.533. The molecule has 1 saturated heterocycles. The van der Waals surface area contributed by atoms with Crippen LogP contribution in [0.4, 0.5) is 0 Å². The fraction of sp³-hybridized carbons (Fsp3) is 0.312. The van der Waals surface area contributed by atoms with Crippen molar-refractivity contribution < 1.29 is 23.8 Å². The number of amides is 1. The molecule has 1 amide bonds. The highest BCUT2D eigenvalue weighted by atomic mass is 35.5. The number of hydrogen-bond donors (Lipinski definition) is 0. The number of thioether (sulfide) groups is 1. The number of nitrogens with zero attached hydrogens (tertiary/aromatic N) is 1. The Hall–Kier alpha value is -1.77. The molecule has 0 N–H and O–H groups in total. The van der Waals surface area contributed by atoms with Crippen LogP contribution in [0.2, 0.25) is 5.02 Å². The lowest BCUT2D eigenvalue weighted by atomic mass is 10.1. The number of benzene rings is 1. The van der Waals surface area contributed by atoms with Gasteiger partial charge in [-0.3, -0.25) is 9.69 Å². The topological polar surface area (TPSA) is 65.1 Å². The van der Waals surface area contributed by atoms with Crippen molar-refractivity contribution in [3.05, 3.63) is 27.6 Å². The van der Waals surface area contributed by atoms with Crippen LogP contribution < -0.4 is 9.47 Å². The molecule has 0 unspecified atom stereocenters. The lowest BCUT2D eigenvalue weighted by molar-refractivity contribution is -0.142. The first kappa shape index (κ1) is 19.6. The minimum Gasteiger partial charge on any atom is -0.490 e. The molecule has 0 atom stereocenters. The molecule has 1 heterocycles. The first-order valence-corrected chi connectivity index (χ1v) is 8.85. The van der Waals surface area contributed by atoms with Crippen molar-refractivity contribution in [2.24, 2.45) is 0 Å². The number of methoxy groups -OCH3 is 1. The Labute approximate surface area is 160 Å². The quantitative estimate of drug-likeness (QED) is 0.412. The number of carbonyl (C=O) groups is 2. The Kier molecular flexibility index (Phi) is 6.69. The lowest BCUT2D eigenvalue weighted by Gasteiger charge is -2.14. The second kappa shape index (κ2) is 8.55. The molecule has 0 aromatic heterocycles. The highest BCUT2D eigenvalue weighted by Crippen LogP contribution is 2.39. The summed E-state index contributed by atoms with van der Waals surface area (Å²) in [6, 6.07) is 3.31. The molecule has 6 nitrogen and oxygen atoms in total. The summed E-state index contributed by atoms with van der Waals surface area (Å²) >= 11 is 12.6. The number of likely N-dealkylation sites (N-methyl/N-ethyl adjacent to an activating group) is 1. The molecule has 0 radical (unpaired) electrons. The number of hydrogen-bond acceptors (Lipinski definition) is 7. The largest absolute Gasteiger partial charge is 0.490 e. The van der Waals surface area contributed by atoms with Gasteiger partial charge in [0.1, 0.15) is 4.32 Å². The van der Waals surface area contributed by atoms with Crippen LogP contribution in [0, 0.1) is 0 Å². The van der Waals surface area contributed by atoms with E-state index in [2.05, 4.69) is 4.74 Å². The Morgan fingerprint density at radius 2 is 2.12 bits per heavy atom. The lowest BCUT2D eigenvalue weighted by Crippen LogP contribution is -2.22. The molecule has 0 spiro atoms. The molecule has 1 aromatic rings. The SMILES string of the molecule is CCOc1cc(/C=C2/SC(=S)N(C)C2=O)cc(Cl)c1OCC(=O)OC. The molecule has 9 heteroatoms. The van der Waals surface area contributed by atoms with E-state index in [4.69, 9.17) is 33.3 Å². The molecule has 134 valence electrons. The van der Waals surface area contributed by atoms with Crippen molar-refractivity contribution in [1.82, 2.24) is 4.90 Å². The first-order valence-electron chi connectivity index (χ1n) is 7.24. The molecule has 25 heavy (non-hydrogen) atoms. The van der Waals surface area contributed by atoms with E-state index in [1.54, 1.807) is 25.3 Å². The summed E-state index contributed by atoms with van der Waals surface area (Å²) < 4.78 is 16.0.